The van der Waals surface area contributed by atoms with E-state index < -0.39 is 0 Å². The zero-order chi connectivity index (χ0) is 12.4. The first kappa shape index (κ1) is 12.8. The molecule has 0 aliphatic carbocycles. The first-order valence-electron chi connectivity index (χ1n) is 6.42. The minimum Gasteiger partial charge on any atom is -0.301 e. The molecule has 94 valence electrons. The zero-order valence-corrected chi connectivity index (χ0v) is 11.7. The summed E-state index contributed by atoms with van der Waals surface area (Å²) >= 11 is 1.63. The molecule has 1 aromatic heterocycles. The van der Waals surface area contributed by atoms with Gasteiger partial charge in [-0.15, -0.1) is 11.3 Å². The molecule has 3 heteroatoms. The summed E-state index contributed by atoms with van der Waals surface area (Å²) < 4.78 is 0. The van der Waals surface area contributed by atoms with E-state index in [2.05, 4.69) is 25.7 Å². The second-order valence-electron chi connectivity index (χ2n) is 5.18. The van der Waals surface area contributed by atoms with Gasteiger partial charge in [-0.1, -0.05) is 0 Å². The second-order valence-corrected chi connectivity index (χ2v) is 6.47. The van der Waals surface area contributed by atoms with Crippen molar-refractivity contribution in [1.29, 1.82) is 0 Å². The number of ketones is 1. The lowest BCUT2D eigenvalue weighted by atomic mass is 9.91. The number of piperidine rings is 1. The molecule has 2 heterocycles. The van der Waals surface area contributed by atoms with Gasteiger partial charge in [0.2, 0.25) is 0 Å². The first-order valence-corrected chi connectivity index (χ1v) is 7.24. The summed E-state index contributed by atoms with van der Waals surface area (Å²) in [6.45, 7) is 8.65. The Morgan fingerprint density at radius 2 is 2.00 bits per heavy atom. The minimum absolute atomic E-state index is 0.253. The average Bonchev–Trinajstić information content (AvgIpc) is 2.75. The van der Waals surface area contributed by atoms with Crippen LogP contribution in [0.5, 0.6) is 0 Å². The highest BCUT2D eigenvalue weighted by molar-refractivity contribution is 7.14. The van der Waals surface area contributed by atoms with E-state index in [1.165, 1.54) is 4.88 Å². The minimum atomic E-state index is 0.253. The highest BCUT2D eigenvalue weighted by Crippen LogP contribution is 2.26. The van der Waals surface area contributed by atoms with Crippen molar-refractivity contribution in [2.45, 2.75) is 39.7 Å². The second kappa shape index (κ2) is 5.32. The van der Waals surface area contributed by atoms with Crippen LogP contribution in [0.2, 0.25) is 0 Å². The SMILES string of the molecule is Cc1ccc(C(=O)C2CCN(C(C)C)CC2)s1. The van der Waals surface area contributed by atoms with Gasteiger partial charge in [0.15, 0.2) is 5.78 Å². The summed E-state index contributed by atoms with van der Waals surface area (Å²) in [5, 5.41) is 0. The molecule has 0 spiro atoms. The number of carbonyl (C=O) groups is 1. The predicted molar refractivity (Wildman–Crippen MR) is 72.8 cm³/mol. The van der Waals surface area contributed by atoms with Gasteiger partial charge in [0.25, 0.3) is 0 Å². The third-order valence-electron chi connectivity index (χ3n) is 3.61. The van der Waals surface area contributed by atoms with E-state index in [-0.39, 0.29) is 5.92 Å². The van der Waals surface area contributed by atoms with E-state index in [1.54, 1.807) is 11.3 Å². The molecule has 0 aromatic carbocycles. The van der Waals surface area contributed by atoms with Crippen molar-refractivity contribution in [1.82, 2.24) is 4.90 Å². The molecule has 17 heavy (non-hydrogen) atoms. The van der Waals surface area contributed by atoms with Crippen LogP contribution < -0.4 is 0 Å². The molecular formula is C14H21NOS. The lowest BCUT2D eigenvalue weighted by Gasteiger charge is -2.33. The van der Waals surface area contributed by atoms with Crippen LogP contribution in [0.15, 0.2) is 12.1 Å². The number of nitrogens with zero attached hydrogens (tertiary/aromatic N) is 1. The fourth-order valence-corrected chi connectivity index (χ4v) is 3.33. The first-order chi connectivity index (χ1) is 8.08. The Kier molecular flexibility index (Phi) is 4.00. The molecule has 0 unspecified atom stereocenters. The normalized spacial score (nSPS) is 18.8. The number of Topliss-reactive ketones (excluding diaryl/α,β-unsaturated/α-hetero) is 1. The smallest absolute Gasteiger partial charge is 0.175 e. The Hall–Kier alpha value is -0.670. The maximum absolute atomic E-state index is 12.3. The molecule has 0 saturated carbocycles. The largest absolute Gasteiger partial charge is 0.301 e. The molecule has 1 aliphatic rings. The van der Waals surface area contributed by atoms with Crippen molar-refractivity contribution in [3.05, 3.63) is 21.9 Å². The third kappa shape index (κ3) is 2.96. The Bertz CT molecular complexity index is 389. The highest BCUT2D eigenvalue weighted by Gasteiger charge is 2.27. The monoisotopic (exact) mass is 251 g/mol. The van der Waals surface area contributed by atoms with Crippen LogP contribution in [0, 0.1) is 12.8 Å². The van der Waals surface area contributed by atoms with Gasteiger partial charge >= 0.3 is 0 Å². The van der Waals surface area contributed by atoms with E-state index >= 15 is 0 Å². The van der Waals surface area contributed by atoms with Crippen LogP contribution >= 0.6 is 11.3 Å². The molecule has 0 radical (unpaired) electrons. The number of carbonyl (C=O) groups excluding carboxylic acids is 1. The lowest BCUT2D eigenvalue weighted by molar-refractivity contribution is 0.0816. The summed E-state index contributed by atoms with van der Waals surface area (Å²) in [6, 6.07) is 4.63. The molecule has 0 N–H and O–H groups in total. The zero-order valence-electron chi connectivity index (χ0n) is 10.9. The van der Waals surface area contributed by atoms with Gasteiger partial charge in [-0.3, -0.25) is 4.79 Å². The standard InChI is InChI=1S/C14H21NOS/c1-10(2)15-8-6-12(7-9-15)14(16)13-5-4-11(3)17-13/h4-5,10,12H,6-9H2,1-3H3. The van der Waals surface area contributed by atoms with Crippen LogP contribution in [0.25, 0.3) is 0 Å². The topological polar surface area (TPSA) is 20.3 Å². The molecule has 2 rings (SSSR count). The molecule has 0 amide bonds. The van der Waals surface area contributed by atoms with E-state index in [1.807, 2.05) is 12.1 Å². The van der Waals surface area contributed by atoms with E-state index in [0.717, 1.165) is 30.8 Å². The number of aryl methyl sites for hydroxylation is 1. The van der Waals surface area contributed by atoms with Crippen molar-refractivity contribution in [3.63, 3.8) is 0 Å². The van der Waals surface area contributed by atoms with E-state index in [0.29, 0.717) is 11.8 Å². The fraction of sp³-hybridized carbons (Fsp3) is 0.643. The maximum atomic E-state index is 12.3. The van der Waals surface area contributed by atoms with Crippen LogP contribution in [-0.4, -0.2) is 29.8 Å². The van der Waals surface area contributed by atoms with Gasteiger partial charge in [0.1, 0.15) is 0 Å². The molecule has 1 saturated heterocycles. The van der Waals surface area contributed by atoms with Crippen LogP contribution in [0.1, 0.15) is 41.2 Å². The highest BCUT2D eigenvalue weighted by atomic mass is 32.1. The van der Waals surface area contributed by atoms with Gasteiger partial charge in [0, 0.05) is 16.8 Å². The van der Waals surface area contributed by atoms with Crippen LogP contribution in [0.4, 0.5) is 0 Å². The van der Waals surface area contributed by atoms with Crippen molar-refractivity contribution in [2.75, 3.05) is 13.1 Å². The summed E-state index contributed by atoms with van der Waals surface area (Å²) in [5.74, 6) is 0.620. The van der Waals surface area contributed by atoms with Crippen LogP contribution in [0.3, 0.4) is 0 Å². The molecular weight excluding hydrogens is 230 g/mol. The van der Waals surface area contributed by atoms with Crippen molar-refractivity contribution in [3.8, 4) is 0 Å². The van der Waals surface area contributed by atoms with Gasteiger partial charge < -0.3 is 4.90 Å². The number of hydrogen-bond acceptors (Lipinski definition) is 3. The summed E-state index contributed by atoms with van der Waals surface area (Å²) in [4.78, 5) is 16.9. The van der Waals surface area contributed by atoms with Crippen molar-refractivity contribution in [2.24, 2.45) is 5.92 Å². The summed E-state index contributed by atoms with van der Waals surface area (Å²) in [5.41, 5.74) is 0. The molecule has 1 fully saturated rings. The van der Waals surface area contributed by atoms with Gasteiger partial charge in [-0.05, 0) is 58.8 Å². The molecule has 0 atom stereocenters. The molecule has 2 nitrogen and oxygen atoms in total. The van der Waals surface area contributed by atoms with Gasteiger partial charge in [-0.2, -0.15) is 0 Å². The fourth-order valence-electron chi connectivity index (χ4n) is 2.45. The van der Waals surface area contributed by atoms with Crippen LogP contribution in [-0.2, 0) is 0 Å². The number of thiophene rings is 1. The van der Waals surface area contributed by atoms with Crippen molar-refractivity contribution < 1.29 is 4.79 Å². The third-order valence-corrected chi connectivity index (χ3v) is 4.63. The maximum Gasteiger partial charge on any atom is 0.175 e. The number of likely N-dealkylation sites (tertiary alicyclic amines) is 1. The Morgan fingerprint density at radius 1 is 1.35 bits per heavy atom. The average molecular weight is 251 g/mol. The van der Waals surface area contributed by atoms with E-state index in [4.69, 9.17) is 0 Å². The number of hydrogen-bond donors (Lipinski definition) is 0. The van der Waals surface area contributed by atoms with Crippen molar-refractivity contribution >= 4 is 17.1 Å². The predicted octanol–water partition coefficient (Wildman–Crippen LogP) is 3.36. The Morgan fingerprint density at radius 3 is 2.47 bits per heavy atom. The Balaban J connectivity index is 1.95. The quantitative estimate of drug-likeness (QED) is 0.768. The molecule has 0 bridgehead atoms. The van der Waals surface area contributed by atoms with Gasteiger partial charge in [-0.25, -0.2) is 0 Å². The molecule has 1 aromatic rings. The summed E-state index contributed by atoms with van der Waals surface area (Å²) in [7, 11) is 0. The number of rotatable bonds is 3. The lowest BCUT2D eigenvalue weighted by Crippen LogP contribution is -2.40. The van der Waals surface area contributed by atoms with E-state index in [9.17, 15) is 4.79 Å². The Labute approximate surface area is 108 Å². The van der Waals surface area contributed by atoms with Gasteiger partial charge in [0.05, 0.1) is 4.88 Å². The summed E-state index contributed by atoms with van der Waals surface area (Å²) in [6.07, 6.45) is 2.04. The molecule has 1 aliphatic heterocycles.